The highest BCUT2D eigenvalue weighted by molar-refractivity contribution is 9.23. The van der Waals surface area contributed by atoms with E-state index in [-0.39, 0.29) is 18.2 Å². The second kappa shape index (κ2) is 5.21. The number of aliphatic hydroxyl groups excluding tert-OH is 1. The molecule has 0 spiro atoms. The maximum Gasteiger partial charge on any atom is 0.470 e. The van der Waals surface area contributed by atoms with Crippen molar-refractivity contribution in [1.29, 1.82) is 0 Å². The van der Waals surface area contributed by atoms with Crippen LogP contribution in [0.2, 0.25) is 4.55 Å². The third-order valence-corrected chi connectivity index (χ3v) is 2.56. The average molecular weight is 149 g/mol. The van der Waals surface area contributed by atoms with Crippen molar-refractivity contribution in [2.75, 3.05) is 6.61 Å². The lowest BCUT2D eigenvalue weighted by molar-refractivity contribution is 0.318. The summed E-state index contributed by atoms with van der Waals surface area (Å²) in [6.07, 6.45) is 0. The Balaban J connectivity index is 2.19. The van der Waals surface area contributed by atoms with Gasteiger partial charge >= 0.3 is 18.2 Å². The van der Waals surface area contributed by atoms with Crippen LogP contribution in [-0.2, 0) is 0 Å². The highest BCUT2D eigenvalue weighted by Crippen LogP contribution is 1.79. The summed E-state index contributed by atoms with van der Waals surface area (Å²) in [5.41, 5.74) is 0. The van der Waals surface area contributed by atoms with Gasteiger partial charge in [0.15, 0.2) is 0 Å². The van der Waals surface area contributed by atoms with Gasteiger partial charge in [-0.3, -0.25) is 0 Å². The van der Waals surface area contributed by atoms with Crippen LogP contribution in [0.4, 0.5) is 0 Å². The van der Waals surface area contributed by atoms with E-state index in [1.54, 1.807) is 0 Å². The lowest BCUT2D eigenvalue weighted by atomic mass is 10.9. The average Bonchev–Trinajstić information content (AvgIpc) is 1.41. The third-order valence-electron chi connectivity index (χ3n) is 0.292. The van der Waals surface area contributed by atoms with Crippen LogP contribution in [0.1, 0.15) is 0 Å². The van der Waals surface area contributed by atoms with Crippen molar-refractivity contribution >= 4 is 31.1 Å². The Hall–Kier alpha value is 1.21. The van der Waals surface area contributed by atoms with E-state index in [2.05, 4.69) is 12.9 Å². The minimum Gasteiger partial charge on any atom is -0.399 e. The highest BCUT2D eigenvalue weighted by Gasteiger charge is 1.81. The minimum absolute atomic E-state index is 0.0235. The molecule has 3 heteroatoms. The Bertz CT molecular complexity index is 17.1. The second-order valence-corrected chi connectivity index (χ2v) is 4.23. The predicted octanol–water partition coefficient (Wildman–Crippen LogP) is 0.411. The largest absolute Gasteiger partial charge is 0.470 e. The molecule has 5 heavy (non-hydrogen) atoms. The van der Waals surface area contributed by atoms with Crippen molar-refractivity contribution in [3.8, 4) is 0 Å². The number of hydrogen-bond acceptors (Lipinski definition) is 1. The van der Waals surface area contributed by atoms with E-state index in [0.29, 0.717) is 6.61 Å². The van der Waals surface area contributed by atoms with E-state index in [9.17, 15) is 0 Å². The van der Waals surface area contributed by atoms with Crippen LogP contribution in [0, 0.1) is 0 Å². The van der Waals surface area contributed by atoms with Crippen LogP contribution in [0.3, 0.4) is 0 Å². The molecular formula is C2H5BrMgO. The molecule has 0 amide bonds. The molecule has 0 saturated carbocycles. The molecule has 0 rings (SSSR count). The van der Waals surface area contributed by atoms with Gasteiger partial charge in [0.2, 0.25) is 0 Å². The highest BCUT2D eigenvalue weighted by atomic mass is 79.9. The van der Waals surface area contributed by atoms with Crippen LogP contribution in [-0.4, -0.2) is 29.9 Å². The Morgan fingerprint density at radius 2 is 2.40 bits per heavy atom. The fourth-order valence-corrected chi connectivity index (χ4v) is 0.932. The maximum atomic E-state index is 8.07. The summed E-state index contributed by atoms with van der Waals surface area (Å²) in [6.45, 7) is 0.359. The van der Waals surface area contributed by atoms with Gasteiger partial charge in [-0.25, -0.2) is 0 Å². The molecule has 0 heterocycles. The summed E-state index contributed by atoms with van der Waals surface area (Å²) in [4.78, 5) is 0. The lowest BCUT2D eigenvalue weighted by Gasteiger charge is -1.74. The molecule has 0 aliphatic heterocycles. The second-order valence-electron chi connectivity index (χ2n) is 0.766. The van der Waals surface area contributed by atoms with Gasteiger partial charge < -0.3 is 18.0 Å². The van der Waals surface area contributed by atoms with Crippen LogP contribution >= 0.6 is 12.9 Å². The molecule has 0 aliphatic carbocycles. The summed E-state index contributed by atoms with van der Waals surface area (Å²) in [5, 5.41) is 8.07. The minimum atomic E-state index is -0.0235. The number of rotatable bonds is 2. The molecule has 0 saturated heterocycles. The van der Waals surface area contributed by atoms with Gasteiger partial charge in [-0.15, -0.1) is 4.55 Å². The fourth-order valence-electron chi connectivity index (χ4n) is 0.0598. The monoisotopic (exact) mass is 148 g/mol. The zero-order chi connectivity index (χ0) is 4.12. The zero-order valence-electron chi connectivity index (χ0n) is 2.95. The molecule has 0 bridgehead atoms. The first-order valence-corrected chi connectivity index (χ1v) is 6.48. The Labute approximate surface area is 47.3 Å². The topological polar surface area (TPSA) is 20.2 Å². The van der Waals surface area contributed by atoms with E-state index in [1.165, 1.54) is 0 Å². The van der Waals surface area contributed by atoms with Gasteiger partial charge in [0.05, 0.1) is 0 Å². The normalized spacial score (nSPS) is 6.80. The summed E-state index contributed by atoms with van der Waals surface area (Å²) in [7, 11) is 0. The van der Waals surface area contributed by atoms with Gasteiger partial charge in [-0.1, -0.05) is 0 Å². The summed E-state index contributed by atoms with van der Waals surface area (Å²) in [6, 6.07) is 0. The Morgan fingerprint density at radius 1 is 1.80 bits per heavy atom. The molecule has 1 nitrogen and oxygen atoms in total. The summed E-state index contributed by atoms with van der Waals surface area (Å²) in [5.74, 6) is 0. The van der Waals surface area contributed by atoms with Crippen LogP contribution < -0.4 is 0 Å². The van der Waals surface area contributed by atoms with Gasteiger partial charge in [0, 0.05) is 6.61 Å². The molecule has 0 atom stereocenters. The van der Waals surface area contributed by atoms with Crippen molar-refractivity contribution in [3.05, 3.63) is 0 Å². The van der Waals surface area contributed by atoms with E-state index < -0.39 is 0 Å². The van der Waals surface area contributed by atoms with Crippen molar-refractivity contribution in [2.24, 2.45) is 0 Å². The maximum absolute atomic E-state index is 8.07. The van der Waals surface area contributed by atoms with Gasteiger partial charge in [-0.2, -0.15) is 0 Å². The molecule has 0 aromatic rings. The molecule has 0 unspecified atom stereocenters. The van der Waals surface area contributed by atoms with E-state index in [4.69, 9.17) is 5.11 Å². The molecule has 0 aliphatic rings. The first-order valence-electron chi connectivity index (χ1n) is 1.58. The molecule has 0 radical (unpaired) electrons. The van der Waals surface area contributed by atoms with Crippen LogP contribution in [0.25, 0.3) is 0 Å². The van der Waals surface area contributed by atoms with Gasteiger partial charge in [0.1, 0.15) is 0 Å². The van der Waals surface area contributed by atoms with Gasteiger partial charge in [-0.05, 0) is 0 Å². The van der Waals surface area contributed by atoms with Crippen molar-refractivity contribution < 1.29 is 5.11 Å². The molecular weight excluding hydrogens is 144 g/mol. The van der Waals surface area contributed by atoms with E-state index >= 15 is 0 Å². The molecule has 0 aromatic carbocycles. The Morgan fingerprint density at radius 3 is 2.40 bits per heavy atom. The summed E-state index contributed by atoms with van der Waals surface area (Å²) < 4.78 is 1.00. The fraction of sp³-hybridized carbons (Fsp3) is 1.00. The predicted molar refractivity (Wildman–Crippen MR) is 26.6 cm³/mol. The SMILES string of the molecule is OC[CH2][Mg][Br]. The number of halogens is 1. The number of aliphatic hydroxyl groups is 1. The Kier molecular flexibility index (Phi) is 6.46. The zero-order valence-corrected chi connectivity index (χ0v) is 5.95. The van der Waals surface area contributed by atoms with Crippen molar-refractivity contribution in [1.82, 2.24) is 0 Å². The van der Waals surface area contributed by atoms with Crippen LogP contribution in [0.15, 0.2) is 0 Å². The van der Waals surface area contributed by atoms with Crippen molar-refractivity contribution in [2.45, 2.75) is 4.55 Å². The molecule has 28 valence electrons. The van der Waals surface area contributed by atoms with E-state index in [0.717, 1.165) is 4.55 Å². The molecule has 0 fully saturated rings. The van der Waals surface area contributed by atoms with Crippen molar-refractivity contribution in [3.63, 3.8) is 0 Å². The van der Waals surface area contributed by atoms with Gasteiger partial charge in [0.25, 0.3) is 0 Å². The standard InChI is InChI=1S/C2H5O.BrH.Mg/c1-2-3;;/h3H,1-2H2;1H;/q;;+1/p-1. The molecule has 1 N–H and O–H groups in total. The number of hydrogen-bond donors (Lipinski definition) is 1. The van der Waals surface area contributed by atoms with Crippen LogP contribution in [0.5, 0.6) is 0 Å². The molecule has 0 aromatic heterocycles. The lowest BCUT2D eigenvalue weighted by Crippen LogP contribution is -1.80. The summed E-state index contributed by atoms with van der Waals surface area (Å²) >= 11 is 3.26. The smallest absolute Gasteiger partial charge is 0.399 e. The van der Waals surface area contributed by atoms with E-state index in [1.807, 2.05) is 0 Å². The quantitative estimate of drug-likeness (QED) is 0.564. The third kappa shape index (κ3) is 5.21. The first kappa shape index (κ1) is 6.21. The first-order chi connectivity index (χ1) is 2.41.